The Labute approximate surface area is 229 Å². The molecule has 2 amide bonds. The number of carbonyl (C=O) groups excluding carboxylic acids is 2. The lowest BCUT2D eigenvalue weighted by molar-refractivity contribution is 0.0909. The Hall–Kier alpha value is -2.07. The zero-order valence-corrected chi connectivity index (χ0v) is 23.7. The number of aryl methyl sites for hydroxylation is 1. The molecule has 1 atom stereocenters. The van der Waals surface area contributed by atoms with Crippen molar-refractivity contribution in [2.24, 2.45) is 0 Å². The van der Waals surface area contributed by atoms with Crippen LogP contribution in [0.5, 0.6) is 0 Å². The van der Waals surface area contributed by atoms with Gasteiger partial charge in [0.2, 0.25) is 0 Å². The number of thioether (sulfide) groups is 1. The highest BCUT2D eigenvalue weighted by molar-refractivity contribution is 14.1. The van der Waals surface area contributed by atoms with Gasteiger partial charge in [-0.05, 0) is 96.6 Å². The fourth-order valence-corrected chi connectivity index (χ4v) is 5.40. The van der Waals surface area contributed by atoms with Gasteiger partial charge in [-0.1, -0.05) is 41.9 Å². The first-order chi connectivity index (χ1) is 16.5. The lowest BCUT2D eigenvalue weighted by atomic mass is 9.99. The Kier molecular flexibility index (Phi) is 9.26. The average Bonchev–Trinajstić information content (AvgIpc) is 2.79. The maximum absolute atomic E-state index is 13.2. The summed E-state index contributed by atoms with van der Waals surface area (Å²) in [6.07, 6.45) is 1.17. The van der Waals surface area contributed by atoms with Gasteiger partial charge in [-0.25, -0.2) is 0 Å². The molecule has 3 N–H and O–H groups in total. The van der Waals surface area contributed by atoms with Crippen molar-refractivity contribution in [1.82, 2.24) is 5.32 Å². The van der Waals surface area contributed by atoms with Gasteiger partial charge in [-0.15, -0.1) is 0 Å². The summed E-state index contributed by atoms with van der Waals surface area (Å²) in [5.41, 5.74) is 3.07. The molecule has 0 aliphatic heterocycles. The second-order valence-corrected chi connectivity index (χ2v) is 11.4. The fourth-order valence-electron chi connectivity index (χ4n) is 3.74. The molecule has 3 rings (SSSR count). The standard InChI is InChI=1S/C27H28ClIN2O3S/c1-16-14-18(24(32)17-8-11-19(28)12-9-17)10-13-22(16)30-25(33)20-6-5-7-21(29)23(20)26(34)31-27(2,3)15-35-4/h5-14,24,32H,15H2,1-4H3,(H,30,33)(H,31,34). The number of anilines is 1. The smallest absolute Gasteiger partial charge is 0.256 e. The molecule has 0 saturated heterocycles. The third kappa shape index (κ3) is 7.00. The largest absolute Gasteiger partial charge is 0.384 e. The molecule has 8 heteroatoms. The SMILES string of the molecule is CSCC(C)(C)NC(=O)c1c(I)cccc1C(=O)Nc1ccc(C(O)c2ccc(Cl)cc2)cc1C. The molecular weight excluding hydrogens is 595 g/mol. The molecule has 0 radical (unpaired) electrons. The van der Waals surface area contributed by atoms with Gasteiger partial charge in [0.1, 0.15) is 6.10 Å². The van der Waals surface area contributed by atoms with Crippen molar-refractivity contribution in [3.05, 3.63) is 97.1 Å². The number of carbonyl (C=O) groups is 2. The Balaban J connectivity index is 1.83. The summed E-state index contributed by atoms with van der Waals surface area (Å²) in [7, 11) is 0. The number of hydrogen-bond donors (Lipinski definition) is 3. The molecule has 1 unspecified atom stereocenters. The van der Waals surface area contributed by atoms with Crippen molar-refractivity contribution in [2.75, 3.05) is 17.3 Å². The molecule has 0 aliphatic carbocycles. The van der Waals surface area contributed by atoms with Crippen LogP contribution in [-0.4, -0.2) is 34.5 Å². The van der Waals surface area contributed by atoms with E-state index in [2.05, 4.69) is 33.2 Å². The molecule has 0 fully saturated rings. The molecule has 0 bridgehead atoms. The Morgan fingerprint density at radius 1 is 1.06 bits per heavy atom. The lowest BCUT2D eigenvalue weighted by Gasteiger charge is -2.26. The van der Waals surface area contributed by atoms with Crippen molar-refractivity contribution in [3.63, 3.8) is 0 Å². The van der Waals surface area contributed by atoms with E-state index in [9.17, 15) is 14.7 Å². The third-order valence-electron chi connectivity index (χ3n) is 5.44. The first-order valence-corrected chi connectivity index (χ1v) is 13.8. The van der Waals surface area contributed by atoms with Gasteiger partial charge in [0, 0.05) is 25.6 Å². The average molecular weight is 623 g/mol. The summed E-state index contributed by atoms with van der Waals surface area (Å²) in [4.78, 5) is 26.4. The second kappa shape index (κ2) is 11.8. The zero-order valence-electron chi connectivity index (χ0n) is 20.0. The van der Waals surface area contributed by atoms with Crippen LogP contribution in [0.2, 0.25) is 5.02 Å². The molecule has 0 saturated carbocycles. The normalized spacial score (nSPS) is 12.2. The predicted octanol–water partition coefficient (Wildman–Crippen LogP) is 6.46. The third-order valence-corrected chi connectivity index (χ3v) is 7.60. The number of aliphatic hydroxyl groups excluding tert-OH is 1. The van der Waals surface area contributed by atoms with E-state index in [0.29, 0.717) is 31.0 Å². The summed E-state index contributed by atoms with van der Waals surface area (Å²) >= 11 is 9.67. The minimum atomic E-state index is -0.814. The number of rotatable bonds is 8. The molecule has 0 spiro atoms. The van der Waals surface area contributed by atoms with Crippen LogP contribution < -0.4 is 10.6 Å². The van der Waals surface area contributed by atoms with Crippen molar-refractivity contribution in [3.8, 4) is 0 Å². The maximum Gasteiger partial charge on any atom is 0.256 e. The quantitative estimate of drug-likeness (QED) is 0.252. The molecule has 0 aromatic heterocycles. The summed E-state index contributed by atoms with van der Waals surface area (Å²) in [5, 5.41) is 17.3. The van der Waals surface area contributed by atoms with E-state index >= 15 is 0 Å². The highest BCUT2D eigenvalue weighted by Crippen LogP contribution is 2.28. The number of benzene rings is 3. The van der Waals surface area contributed by atoms with E-state index in [-0.39, 0.29) is 11.8 Å². The molecule has 5 nitrogen and oxygen atoms in total. The first kappa shape index (κ1) is 27.5. The molecule has 0 heterocycles. The van der Waals surface area contributed by atoms with E-state index in [1.807, 2.05) is 39.2 Å². The second-order valence-electron chi connectivity index (χ2n) is 8.92. The summed E-state index contributed by atoms with van der Waals surface area (Å²) < 4.78 is 0.700. The number of amides is 2. The van der Waals surface area contributed by atoms with Crippen LogP contribution in [-0.2, 0) is 0 Å². The molecule has 3 aromatic rings. The topological polar surface area (TPSA) is 78.4 Å². The minimum Gasteiger partial charge on any atom is -0.384 e. The van der Waals surface area contributed by atoms with Crippen LogP contribution in [0.25, 0.3) is 0 Å². The van der Waals surface area contributed by atoms with Crippen molar-refractivity contribution in [2.45, 2.75) is 32.4 Å². The van der Waals surface area contributed by atoms with Crippen molar-refractivity contribution < 1.29 is 14.7 Å². The van der Waals surface area contributed by atoms with Crippen molar-refractivity contribution >= 4 is 63.5 Å². The van der Waals surface area contributed by atoms with Gasteiger partial charge in [0.05, 0.1) is 11.1 Å². The summed E-state index contributed by atoms with van der Waals surface area (Å²) in [6, 6.07) is 17.6. The lowest BCUT2D eigenvalue weighted by Crippen LogP contribution is -2.46. The molecule has 3 aromatic carbocycles. The number of nitrogens with one attached hydrogen (secondary N) is 2. The van der Waals surface area contributed by atoms with Crippen LogP contribution in [0.1, 0.15) is 57.4 Å². The zero-order chi connectivity index (χ0) is 25.8. The van der Waals surface area contributed by atoms with E-state index in [4.69, 9.17) is 11.6 Å². The molecular formula is C27H28ClIN2O3S. The van der Waals surface area contributed by atoms with Crippen molar-refractivity contribution in [1.29, 1.82) is 0 Å². The minimum absolute atomic E-state index is 0.280. The Bertz CT molecular complexity index is 1230. The summed E-state index contributed by atoms with van der Waals surface area (Å²) in [5.74, 6) is 0.0969. The van der Waals surface area contributed by atoms with Gasteiger partial charge in [-0.3, -0.25) is 9.59 Å². The number of hydrogen-bond acceptors (Lipinski definition) is 4. The van der Waals surface area contributed by atoms with Gasteiger partial charge >= 0.3 is 0 Å². The molecule has 0 aliphatic rings. The predicted molar refractivity (Wildman–Crippen MR) is 154 cm³/mol. The van der Waals surface area contributed by atoms with Gasteiger partial charge in [-0.2, -0.15) is 11.8 Å². The monoisotopic (exact) mass is 622 g/mol. The van der Waals surface area contributed by atoms with Crippen LogP contribution in [0.15, 0.2) is 60.7 Å². The highest BCUT2D eigenvalue weighted by atomic mass is 127. The molecule has 35 heavy (non-hydrogen) atoms. The van der Waals surface area contributed by atoms with E-state index in [1.165, 1.54) is 0 Å². The number of aliphatic hydroxyl groups is 1. The van der Waals surface area contributed by atoms with E-state index < -0.39 is 11.6 Å². The van der Waals surface area contributed by atoms with Crippen LogP contribution in [0, 0.1) is 10.5 Å². The fraction of sp³-hybridized carbons (Fsp3) is 0.259. The maximum atomic E-state index is 13.2. The Morgan fingerprint density at radius 3 is 2.34 bits per heavy atom. The molecule has 184 valence electrons. The summed E-state index contributed by atoms with van der Waals surface area (Å²) in [6.45, 7) is 5.78. The van der Waals surface area contributed by atoms with Gasteiger partial charge < -0.3 is 15.7 Å². The number of halogens is 2. The van der Waals surface area contributed by atoms with Crippen LogP contribution >= 0.6 is 46.0 Å². The van der Waals surface area contributed by atoms with E-state index in [1.54, 1.807) is 60.3 Å². The van der Waals surface area contributed by atoms with Gasteiger partial charge in [0.25, 0.3) is 11.8 Å². The Morgan fingerprint density at radius 2 is 1.71 bits per heavy atom. The first-order valence-electron chi connectivity index (χ1n) is 11.0. The van der Waals surface area contributed by atoms with Gasteiger partial charge in [0.15, 0.2) is 0 Å². The van der Waals surface area contributed by atoms with Crippen LogP contribution in [0.4, 0.5) is 5.69 Å². The van der Waals surface area contributed by atoms with Crippen LogP contribution in [0.3, 0.4) is 0 Å². The van der Waals surface area contributed by atoms with E-state index in [0.717, 1.165) is 16.9 Å². The highest BCUT2D eigenvalue weighted by Gasteiger charge is 2.26.